The molecular weight excluding hydrogens is 206 g/mol. The third-order valence-electron chi connectivity index (χ3n) is 1.85. The molecule has 0 N–H and O–H groups in total. The zero-order valence-corrected chi connectivity index (χ0v) is 12.0. The molecule has 0 fully saturated rings. The molecule has 80 valence electrons. The smallest absolute Gasteiger partial charge is 0.0169 e. The molecule has 1 aromatic rings. The summed E-state index contributed by atoms with van der Waals surface area (Å²) < 4.78 is 0. The van der Waals surface area contributed by atoms with E-state index in [1.165, 1.54) is 0 Å². The molecule has 0 aliphatic carbocycles. The van der Waals surface area contributed by atoms with Gasteiger partial charge in [-0.2, -0.15) is 0 Å². The molecule has 0 aliphatic rings. The van der Waals surface area contributed by atoms with Crippen molar-refractivity contribution in [1.29, 1.82) is 0 Å². The van der Waals surface area contributed by atoms with Crippen LogP contribution in [0.15, 0.2) is 24.3 Å². The highest BCUT2D eigenvalue weighted by Gasteiger charge is 2.07. The molecule has 0 saturated heterocycles. The minimum atomic E-state index is 0.0674. The van der Waals surface area contributed by atoms with Crippen LogP contribution in [-0.4, -0.2) is 26.7 Å². The lowest BCUT2D eigenvalue weighted by Gasteiger charge is -2.15. The van der Waals surface area contributed by atoms with E-state index in [1.54, 1.807) is 10.6 Å². The van der Waals surface area contributed by atoms with Crippen molar-refractivity contribution >= 4 is 26.5 Å². The van der Waals surface area contributed by atoms with Crippen molar-refractivity contribution in [2.45, 2.75) is 13.8 Å². The monoisotopic (exact) mass is 228 g/mol. The number of benzene rings is 1. The quantitative estimate of drug-likeness (QED) is 0.680. The van der Waals surface area contributed by atoms with E-state index in [2.05, 4.69) is 50.9 Å². The molecule has 0 bridgehead atoms. The summed E-state index contributed by atoms with van der Waals surface area (Å²) in [6, 6.07) is 8.87. The van der Waals surface area contributed by atoms with E-state index in [0.717, 1.165) is 0 Å². The summed E-state index contributed by atoms with van der Waals surface area (Å²) in [5, 5.41) is 3.17. The van der Waals surface area contributed by atoms with Crippen LogP contribution in [0.3, 0.4) is 0 Å². The van der Waals surface area contributed by atoms with Crippen LogP contribution in [0.5, 0.6) is 0 Å². The normalized spacial score (nSPS) is 10.0. The second-order valence-electron chi connectivity index (χ2n) is 3.28. The molecule has 0 aliphatic heterocycles. The minimum Gasteiger partial charge on any atom is -0.0810 e. The summed E-state index contributed by atoms with van der Waals surface area (Å²) in [7, 11) is 0.135. The van der Waals surface area contributed by atoms with Crippen LogP contribution >= 0.6 is 15.8 Å². The summed E-state index contributed by atoms with van der Waals surface area (Å²) in [5.74, 6) is 0. The first-order chi connectivity index (χ1) is 6.63. The van der Waals surface area contributed by atoms with Gasteiger partial charge < -0.3 is 0 Å². The Morgan fingerprint density at radius 1 is 0.714 bits per heavy atom. The molecule has 0 amide bonds. The fourth-order valence-electron chi connectivity index (χ4n) is 1.22. The van der Waals surface area contributed by atoms with Crippen molar-refractivity contribution in [3.05, 3.63) is 24.3 Å². The fraction of sp³-hybridized carbons (Fsp3) is 0.500. The molecule has 0 nitrogen and oxygen atoms in total. The van der Waals surface area contributed by atoms with Gasteiger partial charge in [0.25, 0.3) is 0 Å². The second-order valence-corrected chi connectivity index (χ2v) is 7.82. The van der Waals surface area contributed by atoms with Gasteiger partial charge in [0.2, 0.25) is 0 Å². The number of hydrogen-bond donors (Lipinski definition) is 0. The van der Waals surface area contributed by atoms with E-state index >= 15 is 0 Å². The van der Waals surface area contributed by atoms with E-state index in [0.29, 0.717) is 0 Å². The van der Waals surface area contributed by atoms with Gasteiger partial charge in [-0.05, 0) is 37.3 Å². The third kappa shape index (κ3) is 4.07. The van der Waals surface area contributed by atoms with E-state index in [-0.39, 0.29) is 15.8 Å². The highest BCUT2D eigenvalue weighted by Crippen LogP contribution is 2.29. The Bertz CT molecular complexity index is 227. The Morgan fingerprint density at radius 3 is 1.21 bits per heavy atom. The van der Waals surface area contributed by atoms with Gasteiger partial charge in [0.05, 0.1) is 0 Å². The molecule has 0 radical (unpaired) electrons. The molecule has 0 atom stereocenters. The SMILES string of the molecule is CC.CP(C)c1ccccc1P(C)C. The van der Waals surface area contributed by atoms with Crippen LogP contribution in [0.4, 0.5) is 0 Å². The Hall–Kier alpha value is 0.0800. The maximum Gasteiger partial charge on any atom is -0.0169 e. The molecule has 14 heavy (non-hydrogen) atoms. The van der Waals surface area contributed by atoms with Gasteiger partial charge in [-0.1, -0.05) is 54.0 Å². The lowest BCUT2D eigenvalue weighted by molar-refractivity contribution is 1.50. The predicted octanol–water partition coefficient (Wildman–Crippen LogP) is 3.45. The Balaban J connectivity index is 0.000000791. The summed E-state index contributed by atoms with van der Waals surface area (Å²) in [6.07, 6.45) is 0. The Kier molecular flexibility index (Phi) is 7.42. The van der Waals surface area contributed by atoms with Gasteiger partial charge in [0, 0.05) is 0 Å². The van der Waals surface area contributed by atoms with Gasteiger partial charge in [0.1, 0.15) is 0 Å². The zero-order valence-electron chi connectivity index (χ0n) is 10.2. The predicted molar refractivity (Wildman–Crippen MR) is 74.6 cm³/mol. The molecule has 0 spiro atoms. The van der Waals surface area contributed by atoms with E-state index < -0.39 is 0 Å². The average molecular weight is 228 g/mol. The standard InChI is InChI=1S/C10H16P2.C2H6/c1-11(2)9-7-5-6-8-10(9)12(3)4;1-2/h5-8H,1-4H3;1-2H3. The highest BCUT2D eigenvalue weighted by molar-refractivity contribution is 7.70. The first-order valence-corrected chi connectivity index (χ1v) is 9.54. The summed E-state index contributed by atoms with van der Waals surface area (Å²) in [4.78, 5) is 0. The van der Waals surface area contributed by atoms with Gasteiger partial charge in [-0.15, -0.1) is 0 Å². The maximum atomic E-state index is 2.33. The van der Waals surface area contributed by atoms with Gasteiger partial charge in [0.15, 0.2) is 0 Å². The van der Waals surface area contributed by atoms with Crippen LogP contribution in [0.25, 0.3) is 0 Å². The van der Waals surface area contributed by atoms with Crippen LogP contribution in [0.2, 0.25) is 0 Å². The lowest BCUT2D eigenvalue weighted by Crippen LogP contribution is -2.19. The van der Waals surface area contributed by atoms with Crippen molar-refractivity contribution in [3.63, 3.8) is 0 Å². The first kappa shape index (κ1) is 14.1. The Labute approximate surface area is 91.6 Å². The molecule has 1 aromatic carbocycles. The number of hydrogen-bond acceptors (Lipinski definition) is 0. The third-order valence-corrected chi connectivity index (χ3v) is 4.73. The molecule has 0 saturated carbocycles. The van der Waals surface area contributed by atoms with Crippen molar-refractivity contribution in [1.82, 2.24) is 0 Å². The van der Waals surface area contributed by atoms with Crippen molar-refractivity contribution < 1.29 is 0 Å². The maximum absolute atomic E-state index is 2.33. The van der Waals surface area contributed by atoms with E-state index in [9.17, 15) is 0 Å². The van der Waals surface area contributed by atoms with Crippen molar-refractivity contribution in [3.8, 4) is 0 Å². The average Bonchev–Trinajstić information content (AvgIpc) is 2.20. The van der Waals surface area contributed by atoms with Gasteiger partial charge in [-0.3, -0.25) is 0 Å². The topological polar surface area (TPSA) is 0 Å². The molecule has 0 aromatic heterocycles. The first-order valence-electron chi connectivity index (χ1n) is 5.06. The molecule has 2 heteroatoms. The van der Waals surface area contributed by atoms with E-state index in [1.807, 2.05) is 13.8 Å². The lowest BCUT2D eigenvalue weighted by atomic mass is 10.4. The van der Waals surface area contributed by atoms with Gasteiger partial charge in [-0.25, -0.2) is 0 Å². The molecular formula is C12H22P2. The van der Waals surface area contributed by atoms with Crippen LogP contribution in [-0.2, 0) is 0 Å². The largest absolute Gasteiger partial charge is 0.0810 e. The highest BCUT2D eigenvalue weighted by atomic mass is 31.1. The van der Waals surface area contributed by atoms with Crippen LogP contribution in [0, 0.1) is 0 Å². The zero-order chi connectivity index (χ0) is 11.1. The molecule has 1 rings (SSSR count). The second kappa shape index (κ2) is 7.38. The van der Waals surface area contributed by atoms with Crippen molar-refractivity contribution in [2.75, 3.05) is 26.7 Å². The minimum absolute atomic E-state index is 0.0674. The van der Waals surface area contributed by atoms with E-state index in [4.69, 9.17) is 0 Å². The molecule has 0 heterocycles. The number of rotatable bonds is 2. The summed E-state index contributed by atoms with van der Waals surface area (Å²) in [6.45, 7) is 13.3. The molecule has 0 unspecified atom stereocenters. The summed E-state index contributed by atoms with van der Waals surface area (Å²) in [5.41, 5.74) is 0. The van der Waals surface area contributed by atoms with Crippen LogP contribution in [0.1, 0.15) is 13.8 Å². The van der Waals surface area contributed by atoms with Crippen LogP contribution < -0.4 is 10.6 Å². The van der Waals surface area contributed by atoms with Gasteiger partial charge >= 0.3 is 0 Å². The van der Waals surface area contributed by atoms with Crippen molar-refractivity contribution in [2.24, 2.45) is 0 Å². The summed E-state index contributed by atoms with van der Waals surface area (Å²) >= 11 is 0. The Morgan fingerprint density at radius 2 is 1.00 bits per heavy atom. The fourth-order valence-corrected chi connectivity index (χ4v) is 4.25.